The topological polar surface area (TPSA) is 52.9 Å². The number of halogens is 1. The van der Waals surface area contributed by atoms with Crippen LogP contribution >= 0.6 is 0 Å². The highest BCUT2D eigenvalue weighted by Gasteiger charge is 2.25. The van der Waals surface area contributed by atoms with Crippen LogP contribution in [0, 0.1) is 5.82 Å². The molecule has 0 bridgehead atoms. The number of nitrogens with zero attached hydrogens (tertiary/aromatic N) is 1. The molecule has 1 aromatic carbocycles. The van der Waals surface area contributed by atoms with E-state index >= 15 is 0 Å². The van der Waals surface area contributed by atoms with E-state index in [4.69, 9.17) is 4.74 Å². The molecule has 2 N–H and O–H groups in total. The molecule has 1 fully saturated rings. The van der Waals surface area contributed by atoms with E-state index in [2.05, 4.69) is 4.90 Å². The molecule has 0 spiro atoms. The lowest BCUT2D eigenvalue weighted by Crippen LogP contribution is -2.40. The molecular formula is C14H20FNO3. The number of rotatable bonds is 6. The lowest BCUT2D eigenvalue weighted by molar-refractivity contribution is 0.0532. The average molecular weight is 269 g/mol. The van der Waals surface area contributed by atoms with Crippen LogP contribution < -0.4 is 4.74 Å². The fourth-order valence-corrected chi connectivity index (χ4v) is 2.39. The van der Waals surface area contributed by atoms with E-state index in [-0.39, 0.29) is 25.1 Å². The summed E-state index contributed by atoms with van der Waals surface area (Å²) in [6.45, 7) is 1.69. The van der Waals surface area contributed by atoms with E-state index in [1.54, 1.807) is 0 Å². The second-order valence-corrected chi connectivity index (χ2v) is 4.89. The van der Waals surface area contributed by atoms with E-state index in [9.17, 15) is 14.6 Å². The molecule has 1 saturated heterocycles. The Bertz CT molecular complexity index is 385. The van der Waals surface area contributed by atoms with Gasteiger partial charge in [-0.1, -0.05) is 0 Å². The average Bonchev–Trinajstić information content (AvgIpc) is 2.85. The van der Waals surface area contributed by atoms with E-state index in [0.29, 0.717) is 12.3 Å². The highest BCUT2D eigenvalue weighted by atomic mass is 19.1. The van der Waals surface area contributed by atoms with Gasteiger partial charge in [-0.25, -0.2) is 4.39 Å². The van der Waals surface area contributed by atoms with Gasteiger partial charge in [0.15, 0.2) is 0 Å². The summed E-state index contributed by atoms with van der Waals surface area (Å²) in [5.41, 5.74) is 0. The van der Waals surface area contributed by atoms with Gasteiger partial charge in [-0.15, -0.1) is 0 Å². The fourth-order valence-electron chi connectivity index (χ4n) is 2.39. The van der Waals surface area contributed by atoms with Gasteiger partial charge in [0.05, 0.1) is 6.61 Å². The van der Waals surface area contributed by atoms with Gasteiger partial charge >= 0.3 is 0 Å². The summed E-state index contributed by atoms with van der Waals surface area (Å²) in [4.78, 5) is 2.08. The molecular weight excluding hydrogens is 249 g/mol. The third-order valence-electron chi connectivity index (χ3n) is 3.41. The van der Waals surface area contributed by atoms with Crippen molar-refractivity contribution in [3.05, 3.63) is 30.1 Å². The lowest BCUT2D eigenvalue weighted by Gasteiger charge is -2.25. The minimum absolute atomic E-state index is 0.130. The van der Waals surface area contributed by atoms with Crippen molar-refractivity contribution < 1.29 is 19.3 Å². The van der Waals surface area contributed by atoms with E-state index < -0.39 is 6.10 Å². The number of likely N-dealkylation sites (tertiary alicyclic amines) is 1. The van der Waals surface area contributed by atoms with Gasteiger partial charge in [0.2, 0.25) is 0 Å². The first-order valence-electron chi connectivity index (χ1n) is 6.60. The summed E-state index contributed by atoms with van der Waals surface area (Å²) in [5, 5.41) is 19.1. The Morgan fingerprint density at radius 3 is 2.79 bits per heavy atom. The van der Waals surface area contributed by atoms with Gasteiger partial charge in [-0.3, -0.25) is 4.90 Å². The fraction of sp³-hybridized carbons (Fsp3) is 0.571. The summed E-state index contributed by atoms with van der Waals surface area (Å²) in [6, 6.07) is 5.87. The predicted octanol–water partition coefficient (Wildman–Crippen LogP) is 1.02. The highest BCUT2D eigenvalue weighted by Crippen LogP contribution is 2.17. The Balaban J connectivity index is 1.75. The van der Waals surface area contributed by atoms with Crippen molar-refractivity contribution in [3.63, 3.8) is 0 Å². The zero-order valence-corrected chi connectivity index (χ0v) is 10.8. The monoisotopic (exact) mass is 269 g/mol. The largest absolute Gasteiger partial charge is 0.491 e. The quantitative estimate of drug-likeness (QED) is 0.809. The van der Waals surface area contributed by atoms with Crippen LogP contribution in [0.15, 0.2) is 24.3 Å². The first-order chi connectivity index (χ1) is 9.19. The molecule has 1 aromatic rings. The molecule has 0 saturated carbocycles. The second-order valence-electron chi connectivity index (χ2n) is 4.89. The molecule has 0 radical (unpaired) electrons. The van der Waals surface area contributed by atoms with Crippen molar-refractivity contribution in [2.75, 3.05) is 26.3 Å². The number of hydrogen-bond donors (Lipinski definition) is 2. The molecule has 2 rings (SSSR count). The van der Waals surface area contributed by atoms with E-state index in [1.807, 2.05) is 0 Å². The van der Waals surface area contributed by atoms with E-state index in [1.165, 1.54) is 24.3 Å². The summed E-state index contributed by atoms with van der Waals surface area (Å²) >= 11 is 0. The molecule has 2 unspecified atom stereocenters. The third kappa shape index (κ3) is 4.16. The SMILES string of the molecule is OCC1CCCN1CC(O)COc1ccc(F)cc1. The summed E-state index contributed by atoms with van der Waals surface area (Å²) in [6.07, 6.45) is 1.41. The number of aliphatic hydroxyl groups excluding tert-OH is 2. The molecule has 0 aliphatic carbocycles. The molecule has 19 heavy (non-hydrogen) atoms. The van der Waals surface area contributed by atoms with Crippen LogP contribution in [0.4, 0.5) is 4.39 Å². The molecule has 5 heteroatoms. The smallest absolute Gasteiger partial charge is 0.123 e. The van der Waals surface area contributed by atoms with Crippen LogP contribution in [0.1, 0.15) is 12.8 Å². The van der Waals surface area contributed by atoms with Crippen molar-refractivity contribution in [3.8, 4) is 5.75 Å². The number of aliphatic hydroxyl groups is 2. The Kier molecular flexibility index (Phi) is 5.13. The zero-order chi connectivity index (χ0) is 13.7. The normalized spacial score (nSPS) is 21.5. The summed E-state index contributed by atoms with van der Waals surface area (Å²) in [5.74, 6) is 0.233. The summed E-state index contributed by atoms with van der Waals surface area (Å²) < 4.78 is 18.1. The van der Waals surface area contributed by atoms with Crippen LogP contribution in [0.3, 0.4) is 0 Å². The lowest BCUT2D eigenvalue weighted by atomic mass is 10.2. The van der Waals surface area contributed by atoms with Crippen LogP contribution in [0.25, 0.3) is 0 Å². The second kappa shape index (κ2) is 6.84. The van der Waals surface area contributed by atoms with Gasteiger partial charge in [-0.2, -0.15) is 0 Å². The number of ether oxygens (including phenoxy) is 1. The van der Waals surface area contributed by atoms with Gasteiger partial charge < -0.3 is 14.9 Å². The maximum atomic E-state index is 12.7. The molecule has 106 valence electrons. The van der Waals surface area contributed by atoms with Gasteiger partial charge in [0, 0.05) is 12.6 Å². The Hall–Kier alpha value is -1.17. The minimum Gasteiger partial charge on any atom is -0.491 e. The standard InChI is InChI=1S/C14H20FNO3/c15-11-3-5-14(6-4-11)19-10-13(18)8-16-7-1-2-12(16)9-17/h3-6,12-13,17-18H,1-2,7-10H2. The van der Waals surface area contributed by atoms with Crippen molar-refractivity contribution >= 4 is 0 Å². The van der Waals surface area contributed by atoms with Gasteiger partial charge in [-0.05, 0) is 43.7 Å². The van der Waals surface area contributed by atoms with Crippen molar-refractivity contribution in [2.24, 2.45) is 0 Å². The van der Waals surface area contributed by atoms with Gasteiger partial charge in [0.25, 0.3) is 0 Å². The maximum Gasteiger partial charge on any atom is 0.123 e. The van der Waals surface area contributed by atoms with Crippen LogP contribution in [0.2, 0.25) is 0 Å². The Morgan fingerprint density at radius 1 is 1.37 bits per heavy atom. The van der Waals surface area contributed by atoms with Gasteiger partial charge in [0.1, 0.15) is 24.3 Å². The zero-order valence-electron chi connectivity index (χ0n) is 10.8. The Morgan fingerprint density at radius 2 is 2.11 bits per heavy atom. The van der Waals surface area contributed by atoms with Crippen LogP contribution in [0.5, 0.6) is 5.75 Å². The number of β-amino-alcohol motifs (C(OH)–C–C–N with tert-alkyl or cyclic N) is 1. The van der Waals surface area contributed by atoms with Crippen LogP contribution in [-0.2, 0) is 0 Å². The molecule has 0 amide bonds. The van der Waals surface area contributed by atoms with Crippen molar-refractivity contribution in [2.45, 2.75) is 25.0 Å². The highest BCUT2D eigenvalue weighted by molar-refractivity contribution is 5.22. The minimum atomic E-state index is -0.614. The third-order valence-corrected chi connectivity index (χ3v) is 3.41. The molecule has 1 heterocycles. The molecule has 4 nitrogen and oxygen atoms in total. The predicted molar refractivity (Wildman–Crippen MR) is 69.6 cm³/mol. The molecule has 1 aliphatic heterocycles. The maximum absolute atomic E-state index is 12.7. The molecule has 2 atom stereocenters. The first-order valence-corrected chi connectivity index (χ1v) is 6.60. The molecule has 1 aliphatic rings. The number of hydrogen-bond acceptors (Lipinski definition) is 4. The van der Waals surface area contributed by atoms with Crippen molar-refractivity contribution in [1.29, 1.82) is 0 Å². The van der Waals surface area contributed by atoms with E-state index in [0.717, 1.165) is 19.4 Å². The Labute approximate surface area is 112 Å². The summed E-state index contributed by atoms with van der Waals surface area (Å²) in [7, 11) is 0. The van der Waals surface area contributed by atoms with Crippen molar-refractivity contribution in [1.82, 2.24) is 4.90 Å². The number of benzene rings is 1. The first kappa shape index (κ1) is 14.2. The molecule has 0 aromatic heterocycles. The van der Waals surface area contributed by atoms with Crippen LogP contribution in [-0.4, -0.2) is 53.6 Å².